The van der Waals surface area contributed by atoms with E-state index in [1.165, 1.54) is 14.1 Å². The Bertz CT molecular complexity index is 656. The zero-order valence-electron chi connectivity index (χ0n) is 11.0. The number of phenols is 1. The van der Waals surface area contributed by atoms with Gasteiger partial charge in [0.15, 0.2) is 0 Å². The highest BCUT2D eigenvalue weighted by Crippen LogP contribution is 2.38. The molecule has 0 heterocycles. The van der Waals surface area contributed by atoms with Crippen molar-refractivity contribution in [3.63, 3.8) is 0 Å². The number of carbonyl (C=O) groups is 1. The smallest absolute Gasteiger partial charge is 0.312 e. The number of nitro benzene ring substituents is 1. The van der Waals surface area contributed by atoms with E-state index in [2.05, 4.69) is 11.5 Å². The summed E-state index contributed by atoms with van der Waals surface area (Å²) in [6.45, 7) is 0. The van der Waals surface area contributed by atoms with Gasteiger partial charge >= 0.3 is 11.7 Å². The van der Waals surface area contributed by atoms with Crippen LogP contribution in [0, 0.1) is 10.1 Å². The van der Waals surface area contributed by atoms with Gasteiger partial charge in [-0.05, 0) is 6.07 Å². The van der Waals surface area contributed by atoms with Gasteiger partial charge in [0.05, 0.1) is 9.95 Å². The molecule has 0 aliphatic heterocycles. The number of hydrogen-bond donors (Lipinski definition) is 3. The van der Waals surface area contributed by atoms with Crippen LogP contribution in [-0.2, 0) is 10.0 Å². The van der Waals surface area contributed by atoms with E-state index >= 15 is 0 Å². The number of nitrogens with two attached hydrogens (primary N) is 2. The summed E-state index contributed by atoms with van der Waals surface area (Å²) >= 11 is 5.65. The molecule has 0 saturated heterocycles. The number of primary amides is 2. The first kappa shape index (κ1) is 18.9. The van der Waals surface area contributed by atoms with Crippen molar-refractivity contribution < 1.29 is 23.2 Å². The van der Waals surface area contributed by atoms with Crippen molar-refractivity contribution >= 4 is 33.3 Å². The fourth-order valence-electron chi connectivity index (χ4n) is 1.11. The molecule has 0 atom stereocenters. The van der Waals surface area contributed by atoms with E-state index in [1.54, 1.807) is 0 Å². The van der Waals surface area contributed by atoms with E-state index in [1.807, 2.05) is 0 Å². The number of sulfonamides is 1. The zero-order chi connectivity index (χ0) is 17.0. The maximum absolute atomic E-state index is 11.8. The number of amides is 2. The van der Waals surface area contributed by atoms with Crippen LogP contribution in [0.4, 0.5) is 10.5 Å². The molecule has 10 nitrogen and oxygen atoms in total. The van der Waals surface area contributed by atoms with Crippen LogP contribution >= 0.6 is 11.6 Å². The molecular formula is C9H13ClN4O6S. The first-order valence-electron chi connectivity index (χ1n) is 5.06. The largest absolute Gasteiger partial charge is 0.501 e. The van der Waals surface area contributed by atoms with Crippen LogP contribution in [0.3, 0.4) is 0 Å². The van der Waals surface area contributed by atoms with Crippen molar-refractivity contribution in [2.24, 2.45) is 11.5 Å². The van der Waals surface area contributed by atoms with E-state index in [4.69, 9.17) is 16.4 Å². The fraction of sp³-hybridized carbons (Fsp3) is 0.222. The molecule has 5 N–H and O–H groups in total. The Hall–Kier alpha value is -2.11. The average Bonchev–Trinajstić information content (AvgIpc) is 2.26. The minimum absolute atomic E-state index is 0.276. The number of carbonyl (C=O) groups excluding carboxylic acids is 1. The van der Waals surface area contributed by atoms with Crippen LogP contribution in [0.2, 0.25) is 5.02 Å². The third-order valence-corrected chi connectivity index (χ3v) is 4.32. The Morgan fingerprint density at radius 3 is 2.14 bits per heavy atom. The standard InChI is InChI=1S/C8H9ClN2O5S.CH4N2O/c1-10(2)17(15,16)8-5(9)3-4-6(7(8)12)11(13)14;2-1(3)4/h3-4,12H,1-2H3;(H4,2,3,4). The summed E-state index contributed by atoms with van der Waals surface area (Å²) in [6, 6.07) is 1.15. The van der Waals surface area contributed by atoms with Crippen molar-refractivity contribution in [1.29, 1.82) is 0 Å². The molecule has 118 valence electrons. The van der Waals surface area contributed by atoms with Gasteiger partial charge in [-0.3, -0.25) is 10.1 Å². The lowest BCUT2D eigenvalue weighted by Gasteiger charge is -2.13. The number of halogens is 1. The monoisotopic (exact) mass is 340 g/mol. The number of nitrogens with zero attached hydrogens (tertiary/aromatic N) is 2. The quantitative estimate of drug-likeness (QED) is 0.525. The highest BCUT2D eigenvalue weighted by Gasteiger charge is 2.30. The van der Waals surface area contributed by atoms with Gasteiger partial charge in [-0.15, -0.1) is 0 Å². The van der Waals surface area contributed by atoms with Crippen molar-refractivity contribution in [3.8, 4) is 5.75 Å². The first-order valence-corrected chi connectivity index (χ1v) is 6.88. The van der Waals surface area contributed by atoms with Gasteiger partial charge in [-0.1, -0.05) is 11.6 Å². The van der Waals surface area contributed by atoms with Gasteiger partial charge < -0.3 is 16.6 Å². The molecule has 0 spiro atoms. The second-order valence-corrected chi connectivity index (χ2v) is 6.19. The summed E-state index contributed by atoms with van der Waals surface area (Å²) in [5.41, 5.74) is 7.79. The minimum Gasteiger partial charge on any atom is -0.501 e. The van der Waals surface area contributed by atoms with Crippen molar-refractivity contribution in [2.45, 2.75) is 4.90 Å². The Kier molecular flexibility index (Phi) is 6.35. The van der Waals surface area contributed by atoms with E-state index in [9.17, 15) is 23.6 Å². The van der Waals surface area contributed by atoms with Gasteiger partial charge in [0.1, 0.15) is 4.90 Å². The highest BCUT2D eigenvalue weighted by atomic mass is 35.5. The molecule has 0 bridgehead atoms. The van der Waals surface area contributed by atoms with Crippen LogP contribution in [0.25, 0.3) is 0 Å². The maximum atomic E-state index is 11.8. The van der Waals surface area contributed by atoms with Crippen LogP contribution in [-0.4, -0.2) is 42.9 Å². The van der Waals surface area contributed by atoms with E-state index in [0.717, 1.165) is 16.4 Å². The van der Waals surface area contributed by atoms with Crippen molar-refractivity contribution in [2.75, 3.05) is 14.1 Å². The van der Waals surface area contributed by atoms with Gasteiger partial charge in [0.25, 0.3) is 0 Å². The number of benzene rings is 1. The number of urea groups is 1. The molecule has 1 rings (SSSR count). The van der Waals surface area contributed by atoms with Gasteiger partial charge in [-0.2, -0.15) is 0 Å². The lowest BCUT2D eigenvalue weighted by atomic mass is 10.3. The summed E-state index contributed by atoms with van der Waals surface area (Å²) in [6.07, 6.45) is 0. The Morgan fingerprint density at radius 2 is 1.81 bits per heavy atom. The molecule has 0 fully saturated rings. The van der Waals surface area contributed by atoms with Crippen molar-refractivity contribution in [3.05, 3.63) is 27.3 Å². The average molecular weight is 341 g/mol. The van der Waals surface area contributed by atoms with Crippen LogP contribution in [0.1, 0.15) is 0 Å². The normalized spacial score (nSPS) is 10.7. The third-order valence-electron chi connectivity index (χ3n) is 2.00. The molecule has 1 aromatic carbocycles. The molecule has 0 radical (unpaired) electrons. The lowest BCUT2D eigenvalue weighted by Crippen LogP contribution is -2.22. The zero-order valence-corrected chi connectivity index (χ0v) is 12.6. The van der Waals surface area contributed by atoms with Crippen LogP contribution in [0.15, 0.2) is 17.0 Å². The van der Waals surface area contributed by atoms with E-state index in [0.29, 0.717) is 0 Å². The second-order valence-electron chi connectivity index (χ2n) is 3.69. The molecule has 0 saturated carbocycles. The van der Waals surface area contributed by atoms with Gasteiger partial charge in [0.2, 0.25) is 15.8 Å². The molecule has 2 amide bonds. The SMILES string of the molecule is CN(C)S(=O)(=O)c1c(Cl)ccc([N+](=O)[O-])c1O.NC(N)=O. The summed E-state index contributed by atoms with van der Waals surface area (Å²) < 4.78 is 24.4. The third kappa shape index (κ3) is 4.73. The number of nitro groups is 1. The molecule has 12 heteroatoms. The van der Waals surface area contributed by atoms with Crippen LogP contribution < -0.4 is 11.5 Å². The predicted octanol–water partition coefficient (Wildman–Crippen LogP) is 0.228. The Morgan fingerprint density at radius 1 is 1.38 bits per heavy atom. The topological polar surface area (TPSA) is 170 Å². The summed E-state index contributed by atoms with van der Waals surface area (Å²) in [5, 5.41) is 19.9. The van der Waals surface area contributed by atoms with E-state index < -0.39 is 37.3 Å². The maximum Gasteiger partial charge on any atom is 0.312 e. The fourth-order valence-corrected chi connectivity index (χ4v) is 2.58. The molecule has 1 aromatic rings. The Labute approximate surface area is 125 Å². The Balaban J connectivity index is 0.000000885. The number of phenolic OH excluding ortho intramolecular Hbond substituents is 1. The summed E-state index contributed by atoms with van der Waals surface area (Å²) in [4.78, 5) is 18.0. The molecule has 0 aliphatic carbocycles. The summed E-state index contributed by atoms with van der Waals surface area (Å²) in [5.74, 6) is -0.962. The van der Waals surface area contributed by atoms with E-state index in [-0.39, 0.29) is 5.02 Å². The molecule has 0 aliphatic rings. The van der Waals surface area contributed by atoms with Gasteiger partial charge in [0, 0.05) is 20.2 Å². The second kappa shape index (κ2) is 7.06. The lowest BCUT2D eigenvalue weighted by molar-refractivity contribution is -0.386. The number of aromatic hydroxyl groups is 1. The van der Waals surface area contributed by atoms with Gasteiger partial charge in [-0.25, -0.2) is 17.5 Å². The molecular weight excluding hydrogens is 328 g/mol. The van der Waals surface area contributed by atoms with Crippen LogP contribution in [0.5, 0.6) is 5.75 Å². The minimum atomic E-state index is -4.05. The highest BCUT2D eigenvalue weighted by molar-refractivity contribution is 7.89. The number of hydrogen-bond acceptors (Lipinski definition) is 6. The molecule has 0 unspecified atom stereocenters. The molecule has 21 heavy (non-hydrogen) atoms. The number of rotatable bonds is 3. The summed E-state index contributed by atoms with van der Waals surface area (Å²) in [7, 11) is -1.60. The van der Waals surface area contributed by atoms with Crippen molar-refractivity contribution in [1.82, 2.24) is 4.31 Å². The first-order chi connectivity index (χ1) is 9.42. The molecule has 0 aromatic heterocycles. The predicted molar refractivity (Wildman–Crippen MR) is 74.4 cm³/mol.